The molecule has 1 atom stereocenters. The van der Waals surface area contributed by atoms with Gasteiger partial charge in [0.2, 0.25) is 5.95 Å². The van der Waals surface area contributed by atoms with E-state index in [1.807, 2.05) is 0 Å². The van der Waals surface area contributed by atoms with Gasteiger partial charge in [0.1, 0.15) is 0 Å². The van der Waals surface area contributed by atoms with Crippen molar-refractivity contribution >= 4 is 5.95 Å². The Morgan fingerprint density at radius 3 is 2.53 bits per heavy atom. The highest BCUT2D eigenvalue weighted by molar-refractivity contribution is 5.27. The smallest absolute Gasteiger partial charge is 0.222 e. The van der Waals surface area contributed by atoms with Crippen LogP contribution in [0.4, 0.5) is 5.95 Å². The zero-order valence-corrected chi connectivity index (χ0v) is 9.45. The van der Waals surface area contributed by atoms with E-state index >= 15 is 0 Å². The fraction of sp³-hybridized carbons (Fsp3) is 0.636. The van der Waals surface area contributed by atoms with Crippen LogP contribution in [0.2, 0.25) is 0 Å². The largest absolute Gasteiger partial charge is 0.494 e. The quantitative estimate of drug-likeness (QED) is 0.819. The molecular weight excluding hydrogens is 190 g/mol. The van der Waals surface area contributed by atoms with Crippen molar-refractivity contribution in [2.45, 2.75) is 20.3 Å². The second-order valence-corrected chi connectivity index (χ2v) is 4.72. The summed E-state index contributed by atoms with van der Waals surface area (Å²) in [5.41, 5.74) is 0.499. The molecule has 0 spiro atoms. The van der Waals surface area contributed by atoms with Gasteiger partial charge in [0.05, 0.1) is 19.5 Å². The van der Waals surface area contributed by atoms with Crippen molar-refractivity contribution in [3.63, 3.8) is 0 Å². The van der Waals surface area contributed by atoms with Gasteiger partial charge in [0, 0.05) is 6.54 Å². The third-order valence-electron chi connectivity index (χ3n) is 3.09. The number of ether oxygens (including phenoxy) is 1. The van der Waals surface area contributed by atoms with Crippen LogP contribution in [0.25, 0.3) is 0 Å². The van der Waals surface area contributed by atoms with Crippen LogP contribution in [0.5, 0.6) is 5.75 Å². The minimum absolute atomic E-state index is 0.499. The molecule has 0 bridgehead atoms. The van der Waals surface area contributed by atoms with E-state index in [4.69, 9.17) is 4.74 Å². The number of nitrogens with zero attached hydrogens (tertiary/aromatic N) is 2. The zero-order chi connectivity index (χ0) is 10.9. The number of anilines is 1. The Morgan fingerprint density at radius 2 is 2.07 bits per heavy atom. The van der Waals surface area contributed by atoms with Crippen LogP contribution in [-0.4, -0.2) is 23.6 Å². The van der Waals surface area contributed by atoms with Crippen molar-refractivity contribution in [1.29, 1.82) is 0 Å². The Balaban J connectivity index is 1.84. The lowest BCUT2D eigenvalue weighted by Crippen LogP contribution is -2.09. The highest BCUT2D eigenvalue weighted by Crippen LogP contribution is 2.51. The van der Waals surface area contributed by atoms with Crippen LogP contribution >= 0.6 is 0 Å². The molecule has 1 aromatic heterocycles. The number of nitrogens with one attached hydrogen (secondary N) is 1. The monoisotopic (exact) mass is 207 g/mol. The molecule has 2 rings (SSSR count). The SMILES string of the molecule is COc1cnc(NCC2CC2(C)C)nc1. The van der Waals surface area contributed by atoms with Gasteiger partial charge in [-0.1, -0.05) is 13.8 Å². The van der Waals surface area contributed by atoms with E-state index in [0.717, 1.165) is 12.5 Å². The third-order valence-corrected chi connectivity index (χ3v) is 3.09. The van der Waals surface area contributed by atoms with Gasteiger partial charge in [-0.05, 0) is 17.8 Å². The maximum absolute atomic E-state index is 4.99. The lowest BCUT2D eigenvalue weighted by atomic mass is 10.1. The van der Waals surface area contributed by atoms with E-state index in [0.29, 0.717) is 17.1 Å². The summed E-state index contributed by atoms with van der Waals surface area (Å²) in [6, 6.07) is 0. The van der Waals surface area contributed by atoms with Gasteiger partial charge in [-0.3, -0.25) is 0 Å². The third kappa shape index (κ3) is 2.37. The van der Waals surface area contributed by atoms with Gasteiger partial charge in [0.25, 0.3) is 0 Å². The molecule has 82 valence electrons. The molecule has 0 aliphatic heterocycles. The second-order valence-electron chi connectivity index (χ2n) is 4.72. The molecule has 0 radical (unpaired) electrons. The normalized spacial score (nSPS) is 22.2. The summed E-state index contributed by atoms with van der Waals surface area (Å²) in [5.74, 6) is 2.12. The molecule has 15 heavy (non-hydrogen) atoms. The summed E-state index contributed by atoms with van der Waals surface area (Å²) in [5, 5.41) is 3.24. The van der Waals surface area contributed by atoms with E-state index in [9.17, 15) is 0 Å². The van der Waals surface area contributed by atoms with Crippen LogP contribution in [0.1, 0.15) is 20.3 Å². The second kappa shape index (κ2) is 3.68. The summed E-state index contributed by atoms with van der Waals surface area (Å²) >= 11 is 0. The van der Waals surface area contributed by atoms with Crippen molar-refractivity contribution in [2.75, 3.05) is 19.0 Å². The minimum Gasteiger partial charge on any atom is -0.494 e. The van der Waals surface area contributed by atoms with Gasteiger partial charge >= 0.3 is 0 Å². The predicted octanol–water partition coefficient (Wildman–Crippen LogP) is 1.94. The average Bonchev–Trinajstić information content (AvgIpc) is 2.84. The van der Waals surface area contributed by atoms with Crippen molar-refractivity contribution in [3.8, 4) is 5.75 Å². The highest BCUT2D eigenvalue weighted by Gasteiger charge is 2.45. The van der Waals surface area contributed by atoms with Gasteiger partial charge in [-0.25, -0.2) is 9.97 Å². The Labute approximate surface area is 90.1 Å². The van der Waals surface area contributed by atoms with Crippen molar-refractivity contribution in [1.82, 2.24) is 9.97 Å². The van der Waals surface area contributed by atoms with E-state index in [2.05, 4.69) is 29.1 Å². The van der Waals surface area contributed by atoms with Crippen molar-refractivity contribution in [3.05, 3.63) is 12.4 Å². The summed E-state index contributed by atoms with van der Waals surface area (Å²) in [7, 11) is 1.61. The maximum atomic E-state index is 4.99. The summed E-state index contributed by atoms with van der Waals surface area (Å²) in [4.78, 5) is 8.30. The van der Waals surface area contributed by atoms with Gasteiger partial charge in [0.15, 0.2) is 5.75 Å². The molecule has 1 unspecified atom stereocenters. The summed E-state index contributed by atoms with van der Waals surface area (Å²) in [6.07, 6.45) is 4.64. The lowest BCUT2D eigenvalue weighted by molar-refractivity contribution is 0.411. The Morgan fingerprint density at radius 1 is 1.47 bits per heavy atom. The van der Waals surface area contributed by atoms with Crippen LogP contribution in [0.15, 0.2) is 12.4 Å². The summed E-state index contributed by atoms with van der Waals surface area (Å²) < 4.78 is 4.99. The number of aromatic nitrogens is 2. The van der Waals surface area contributed by atoms with Crippen LogP contribution in [0.3, 0.4) is 0 Å². The maximum Gasteiger partial charge on any atom is 0.222 e. The molecule has 0 amide bonds. The van der Waals surface area contributed by atoms with Gasteiger partial charge in [-0.15, -0.1) is 0 Å². The van der Waals surface area contributed by atoms with E-state index in [-0.39, 0.29) is 0 Å². The van der Waals surface area contributed by atoms with Gasteiger partial charge in [-0.2, -0.15) is 0 Å². The molecule has 1 aliphatic rings. The molecule has 0 aromatic carbocycles. The fourth-order valence-electron chi connectivity index (χ4n) is 1.65. The first kappa shape index (κ1) is 10.2. The van der Waals surface area contributed by atoms with Crippen molar-refractivity contribution < 1.29 is 4.74 Å². The number of hydrogen-bond acceptors (Lipinski definition) is 4. The van der Waals surface area contributed by atoms with Crippen LogP contribution in [-0.2, 0) is 0 Å². The first-order chi connectivity index (χ1) is 7.12. The minimum atomic E-state index is 0.499. The molecule has 1 aromatic rings. The average molecular weight is 207 g/mol. The van der Waals surface area contributed by atoms with Crippen molar-refractivity contribution in [2.24, 2.45) is 11.3 Å². The number of rotatable bonds is 4. The predicted molar refractivity (Wildman–Crippen MR) is 59.0 cm³/mol. The molecule has 4 heteroatoms. The zero-order valence-electron chi connectivity index (χ0n) is 9.45. The Kier molecular flexibility index (Phi) is 2.50. The topological polar surface area (TPSA) is 47.0 Å². The lowest BCUT2D eigenvalue weighted by Gasteiger charge is -2.06. The standard InChI is InChI=1S/C11H17N3O/c1-11(2)4-8(11)5-12-10-13-6-9(15-3)7-14-10/h6-8H,4-5H2,1-3H3,(H,12,13,14). The number of hydrogen-bond donors (Lipinski definition) is 1. The molecule has 4 nitrogen and oxygen atoms in total. The first-order valence-corrected chi connectivity index (χ1v) is 5.22. The molecule has 1 aliphatic carbocycles. The first-order valence-electron chi connectivity index (χ1n) is 5.22. The van der Waals surface area contributed by atoms with E-state index in [1.165, 1.54) is 6.42 Å². The molecule has 0 saturated heterocycles. The molecule has 1 fully saturated rings. The summed E-state index contributed by atoms with van der Waals surface area (Å²) in [6.45, 7) is 5.53. The van der Waals surface area contributed by atoms with Crippen LogP contribution < -0.4 is 10.1 Å². The number of methoxy groups -OCH3 is 1. The van der Waals surface area contributed by atoms with Crippen LogP contribution in [0, 0.1) is 11.3 Å². The Hall–Kier alpha value is -1.32. The fourth-order valence-corrected chi connectivity index (χ4v) is 1.65. The molecular formula is C11H17N3O. The molecule has 1 heterocycles. The van der Waals surface area contributed by atoms with Gasteiger partial charge < -0.3 is 10.1 Å². The Bertz CT molecular complexity index is 334. The van der Waals surface area contributed by atoms with E-state index in [1.54, 1.807) is 19.5 Å². The molecule has 1 N–H and O–H groups in total. The highest BCUT2D eigenvalue weighted by atomic mass is 16.5. The molecule has 1 saturated carbocycles. The van der Waals surface area contributed by atoms with E-state index < -0.39 is 0 Å².